The molecular formula is C20H31NO4. The van der Waals surface area contributed by atoms with Crippen LogP contribution in [0.3, 0.4) is 0 Å². The van der Waals surface area contributed by atoms with E-state index in [1.807, 2.05) is 39.8 Å². The summed E-state index contributed by atoms with van der Waals surface area (Å²) in [7, 11) is 0. The summed E-state index contributed by atoms with van der Waals surface area (Å²) >= 11 is 0. The lowest BCUT2D eigenvalue weighted by Crippen LogP contribution is -2.40. The number of ether oxygens (including phenoxy) is 1. The highest BCUT2D eigenvalue weighted by Gasteiger charge is 2.25. The maximum Gasteiger partial charge on any atom is 0.410 e. The second kappa shape index (κ2) is 8.09. The van der Waals surface area contributed by atoms with Gasteiger partial charge in [0.2, 0.25) is 0 Å². The highest BCUT2D eigenvalue weighted by Crippen LogP contribution is 2.32. The van der Waals surface area contributed by atoms with E-state index in [1.165, 1.54) is 10.5 Å². The van der Waals surface area contributed by atoms with Crippen molar-refractivity contribution in [2.45, 2.75) is 78.0 Å². The number of aliphatic hydroxyl groups is 1. The number of aliphatic hydroxyl groups excluding tert-OH is 1. The van der Waals surface area contributed by atoms with Crippen LogP contribution in [0.15, 0.2) is 12.1 Å². The molecule has 1 aliphatic rings. The third kappa shape index (κ3) is 5.36. The van der Waals surface area contributed by atoms with Crippen LogP contribution in [0.4, 0.5) is 4.79 Å². The molecule has 5 heteroatoms. The Balaban J connectivity index is 2.22. The molecule has 0 bridgehead atoms. The van der Waals surface area contributed by atoms with Crippen molar-refractivity contribution in [3.8, 4) is 5.75 Å². The summed E-state index contributed by atoms with van der Waals surface area (Å²) in [5.74, 6) is 0.289. The number of aromatic hydroxyl groups is 1. The summed E-state index contributed by atoms with van der Waals surface area (Å²) < 4.78 is 5.46. The first-order chi connectivity index (χ1) is 11.7. The van der Waals surface area contributed by atoms with Crippen molar-refractivity contribution in [1.29, 1.82) is 0 Å². The summed E-state index contributed by atoms with van der Waals surface area (Å²) in [6.45, 7) is 7.72. The SMILES string of the molecule is CC[C@H](O)CN(Cc1ccc2c(c1O)CCCC2)C(=O)OC(C)(C)C. The van der Waals surface area contributed by atoms with E-state index in [4.69, 9.17) is 4.74 Å². The first kappa shape index (κ1) is 19.6. The van der Waals surface area contributed by atoms with Crippen LogP contribution in [0.1, 0.15) is 63.6 Å². The number of carbonyl (C=O) groups excluding carboxylic acids is 1. The smallest absolute Gasteiger partial charge is 0.410 e. The van der Waals surface area contributed by atoms with Gasteiger partial charge in [0.1, 0.15) is 11.4 Å². The third-order valence-corrected chi connectivity index (χ3v) is 4.50. The summed E-state index contributed by atoms with van der Waals surface area (Å²) in [6.07, 6.45) is 3.55. The topological polar surface area (TPSA) is 70.0 Å². The standard InChI is InChI=1S/C20H31NO4/c1-5-16(22)13-21(19(24)25-20(2,3)4)12-15-11-10-14-8-6-7-9-17(14)18(15)23/h10-11,16,22-23H,5-9,12-13H2,1-4H3/t16-/m0/s1. The van der Waals surface area contributed by atoms with E-state index < -0.39 is 17.8 Å². The number of hydrogen-bond acceptors (Lipinski definition) is 4. The van der Waals surface area contributed by atoms with Gasteiger partial charge in [-0.05, 0) is 64.0 Å². The molecular weight excluding hydrogens is 318 g/mol. The Kier molecular flexibility index (Phi) is 6.33. The number of fused-ring (bicyclic) bond motifs is 1. The molecule has 1 amide bonds. The third-order valence-electron chi connectivity index (χ3n) is 4.50. The molecule has 0 heterocycles. The number of rotatable bonds is 5. The van der Waals surface area contributed by atoms with E-state index in [9.17, 15) is 15.0 Å². The van der Waals surface area contributed by atoms with Crippen LogP contribution in [-0.2, 0) is 24.1 Å². The summed E-state index contributed by atoms with van der Waals surface area (Å²) in [5, 5.41) is 20.7. The Morgan fingerprint density at radius 3 is 2.60 bits per heavy atom. The normalized spacial score (nSPS) is 15.4. The van der Waals surface area contributed by atoms with Crippen molar-refractivity contribution >= 4 is 6.09 Å². The van der Waals surface area contributed by atoms with E-state index in [2.05, 4.69) is 0 Å². The summed E-state index contributed by atoms with van der Waals surface area (Å²) in [4.78, 5) is 14.0. The van der Waals surface area contributed by atoms with Crippen LogP contribution in [-0.4, -0.2) is 39.5 Å². The van der Waals surface area contributed by atoms with Gasteiger partial charge >= 0.3 is 6.09 Å². The van der Waals surface area contributed by atoms with Crippen molar-refractivity contribution < 1.29 is 19.7 Å². The minimum Gasteiger partial charge on any atom is -0.507 e. The first-order valence-electron chi connectivity index (χ1n) is 9.20. The predicted octanol–water partition coefficient (Wildman–Crippen LogP) is 3.78. The van der Waals surface area contributed by atoms with Gasteiger partial charge in [-0.25, -0.2) is 4.79 Å². The number of phenolic OH excluding ortho intramolecular Hbond substituents is 1. The van der Waals surface area contributed by atoms with E-state index in [0.29, 0.717) is 12.0 Å². The van der Waals surface area contributed by atoms with Gasteiger partial charge in [0.05, 0.1) is 19.2 Å². The number of amides is 1. The molecule has 2 rings (SSSR count). The molecule has 0 radical (unpaired) electrons. The Morgan fingerprint density at radius 1 is 1.28 bits per heavy atom. The Labute approximate surface area is 150 Å². The fourth-order valence-electron chi connectivity index (χ4n) is 3.10. The maximum absolute atomic E-state index is 12.5. The van der Waals surface area contributed by atoms with Crippen LogP contribution in [0, 0.1) is 0 Å². The highest BCUT2D eigenvalue weighted by molar-refractivity contribution is 5.68. The lowest BCUT2D eigenvalue weighted by Gasteiger charge is -2.29. The second-order valence-electron chi connectivity index (χ2n) is 7.84. The fraction of sp³-hybridized carbons (Fsp3) is 0.650. The number of carbonyl (C=O) groups is 1. The van der Waals surface area contributed by atoms with Gasteiger partial charge in [-0.3, -0.25) is 0 Å². The van der Waals surface area contributed by atoms with Gasteiger partial charge in [-0.2, -0.15) is 0 Å². The predicted molar refractivity (Wildman–Crippen MR) is 97.7 cm³/mol. The highest BCUT2D eigenvalue weighted by atomic mass is 16.6. The van der Waals surface area contributed by atoms with Crippen LogP contribution >= 0.6 is 0 Å². The fourth-order valence-corrected chi connectivity index (χ4v) is 3.10. The molecule has 0 fully saturated rings. The Morgan fingerprint density at radius 2 is 1.96 bits per heavy atom. The van der Waals surface area contributed by atoms with Crippen molar-refractivity contribution in [2.75, 3.05) is 6.54 Å². The molecule has 1 aromatic carbocycles. The van der Waals surface area contributed by atoms with Crippen molar-refractivity contribution in [3.63, 3.8) is 0 Å². The first-order valence-corrected chi connectivity index (χ1v) is 9.20. The molecule has 1 aliphatic carbocycles. The van der Waals surface area contributed by atoms with Gasteiger partial charge in [-0.15, -0.1) is 0 Å². The minimum atomic E-state index is -0.618. The maximum atomic E-state index is 12.5. The van der Waals surface area contributed by atoms with Crippen molar-refractivity contribution in [2.24, 2.45) is 0 Å². The van der Waals surface area contributed by atoms with Gasteiger partial charge < -0.3 is 19.8 Å². The number of benzene rings is 1. The molecule has 0 aromatic heterocycles. The molecule has 0 aliphatic heterocycles. The molecule has 25 heavy (non-hydrogen) atoms. The quantitative estimate of drug-likeness (QED) is 0.849. The zero-order valence-corrected chi connectivity index (χ0v) is 15.8. The minimum absolute atomic E-state index is 0.182. The van der Waals surface area contributed by atoms with E-state index in [1.54, 1.807) is 0 Å². The lowest BCUT2D eigenvalue weighted by molar-refractivity contribution is 0.0122. The van der Waals surface area contributed by atoms with E-state index in [0.717, 1.165) is 31.2 Å². The summed E-state index contributed by atoms with van der Waals surface area (Å²) in [5.41, 5.74) is 2.30. The van der Waals surface area contributed by atoms with E-state index in [-0.39, 0.29) is 18.8 Å². The molecule has 140 valence electrons. The average Bonchev–Trinajstić information content (AvgIpc) is 2.55. The second-order valence-corrected chi connectivity index (χ2v) is 7.84. The van der Waals surface area contributed by atoms with Crippen LogP contribution < -0.4 is 0 Å². The zero-order chi connectivity index (χ0) is 18.6. The monoisotopic (exact) mass is 349 g/mol. The molecule has 0 saturated carbocycles. The van der Waals surface area contributed by atoms with Gasteiger partial charge in [0, 0.05) is 5.56 Å². The van der Waals surface area contributed by atoms with Gasteiger partial charge in [0.25, 0.3) is 0 Å². The van der Waals surface area contributed by atoms with E-state index >= 15 is 0 Å². The molecule has 1 atom stereocenters. The number of hydrogen-bond donors (Lipinski definition) is 2. The molecule has 1 aromatic rings. The van der Waals surface area contributed by atoms with Gasteiger partial charge in [0.15, 0.2) is 0 Å². The van der Waals surface area contributed by atoms with Crippen molar-refractivity contribution in [3.05, 3.63) is 28.8 Å². The number of phenols is 1. The molecule has 2 N–H and O–H groups in total. The summed E-state index contributed by atoms with van der Waals surface area (Å²) in [6, 6.07) is 3.93. The van der Waals surface area contributed by atoms with Crippen LogP contribution in [0.2, 0.25) is 0 Å². The molecule has 0 unspecified atom stereocenters. The lowest BCUT2D eigenvalue weighted by atomic mass is 9.89. The van der Waals surface area contributed by atoms with Gasteiger partial charge in [-0.1, -0.05) is 19.1 Å². The molecule has 0 spiro atoms. The van der Waals surface area contributed by atoms with Crippen molar-refractivity contribution in [1.82, 2.24) is 4.90 Å². The Bertz CT molecular complexity index is 606. The number of nitrogens with zero attached hydrogens (tertiary/aromatic N) is 1. The average molecular weight is 349 g/mol. The molecule has 0 saturated heterocycles. The zero-order valence-electron chi connectivity index (χ0n) is 15.8. The number of aryl methyl sites for hydroxylation is 1. The molecule has 5 nitrogen and oxygen atoms in total. The largest absolute Gasteiger partial charge is 0.507 e. The Hall–Kier alpha value is -1.75. The van der Waals surface area contributed by atoms with Crippen LogP contribution in [0.5, 0.6) is 5.75 Å². The van der Waals surface area contributed by atoms with Crippen LogP contribution in [0.25, 0.3) is 0 Å².